The molecule has 52 heavy (non-hydrogen) atoms. The summed E-state index contributed by atoms with van der Waals surface area (Å²) in [6.45, 7) is 0. The summed E-state index contributed by atoms with van der Waals surface area (Å²) in [6.07, 6.45) is -0.237. The fourth-order valence-corrected chi connectivity index (χ4v) is 7.74. The molecule has 0 saturated heterocycles. The fraction of sp³-hybridized carbons (Fsp3) is 0.0208. The molecule has 0 aliphatic carbocycles. The molecule has 2 heterocycles. The van der Waals surface area contributed by atoms with Gasteiger partial charge in [-0.2, -0.15) is 0 Å². The minimum absolute atomic E-state index is 0.237. The monoisotopic (exact) mass is 666 g/mol. The van der Waals surface area contributed by atoms with Gasteiger partial charge in [-0.1, -0.05) is 133 Å². The lowest BCUT2D eigenvalue weighted by Gasteiger charge is -2.30. The maximum atomic E-state index is 5.15. The maximum absolute atomic E-state index is 5.15. The Hall–Kier alpha value is -6.91. The van der Waals surface area contributed by atoms with Crippen molar-refractivity contribution < 1.29 is 0 Å². The van der Waals surface area contributed by atoms with E-state index in [2.05, 4.69) is 185 Å². The quantitative estimate of drug-likeness (QED) is 0.185. The number of hydrogen-bond acceptors (Lipinski definition) is 3. The minimum atomic E-state index is -0.237. The zero-order chi connectivity index (χ0) is 34.4. The molecule has 2 N–H and O–H groups in total. The number of aromatic nitrogens is 1. The van der Waals surface area contributed by atoms with Crippen molar-refractivity contribution in [3.63, 3.8) is 0 Å². The second kappa shape index (κ2) is 12.4. The van der Waals surface area contributed by atoms with E-state index in [0.717, 1.165) is 50.7 Å². The Morgan fingerprint density at radius 2 is 1.15 bits per heavy atom. The number of fused-ring (bicyclic) bond motifs is 6. The molecule has 0 fully saturated rings. The van der Waals surface area contributed by atoms with E-state index in [0.29, 0.717) is 0 Å². The van der Waals surface area contributed by atoms with Gasteiger partial charge in [0.1, 0.15) is 6.17 Å². The van der Waals surface area contributed by atoms with Gasteiger partial charge in [-0.25, -0.2) is 4.99 Å². The predicted octanol–water partition coefficient (Wildman–Crippen LogP) is 12.3. The highest BCUT2D eigenvalue weighted by molar-refractivity contribution is 6.22. The molecular weight excluding hydrogens is 633 g/mol. The van der Waals surface area contributed by atoms with Gasteiger partial charge in [0.2, 0.25) is 0 Å². The minimum Gasteiger partial charge on any atom is -0.360 e. The molecule has 0 amide bonds. The number of rotatable bonds is 6. The summed E-state index contributed by atoms with van der Waals surface area (Å²) in [6, 6.07) is 66.9. The first-order chi connectivity index (χ1) is 25.8. The Balaban J connectivity index is 1.12. The Morgan fingerprint density at radius 1 is 0.500 bits per heavy atom. The SMILES string of the molecule is c1ccc(C2=Nc3ccccc3NC2Nc2ccc(-c3ccc4c(c3)c3c5ccccc5ccc3n4-c3ccccc3)cc2-c2ccccc2)cc1. The van der Waals surface area contributed by atoms with Gasteiger partial charge >= 0.3 is 0 Å². The highest BCUT2D eigenvalue weighted by Gasteiger charge is 2.25. The summed E-state index contributed by atoms with van der Waals surface area (Å²) >= 11 is 0. The first-order valence-electron chi connectivity index (χ1n) is 17.8. The standard InChI is InChI=1S/C48H34N4/c1-4-14-32(15-5-1)39-30-35(24-27-41(39)50-48-47(34-17-6-2-7-18-34)49-42-22-12-13-23-43(42)51-48)36-26-28-44-40(31-36)46-38-21-11-10-16-33(38)25-29-45(46)52(44)37-19-8-3-9-20-37/h1-31,48,50-51H. The highest BCUT2D eigenvalue weighted by atomic mass is 15.2. The molecule has 0 spiro atoms. The van der Waals surface area contributed by atoms with Gasteiger partial charge in [0.15, 0.2) is 0 Å². The largest absolute Gasteiger partial charge is 0.360 e. The van der Waals surface area contributed by atoms with Gasteiger partial charge in [0.05, 0.1) is 28.1 Å². The number of benzene rings is 8. The van der Waals surface area contributed by atoms with E-state index in [1.54, 1.807) is 0 Å². The van der Waals surface area contributed by atoms with Crippen LogP contribution in [0.25, 0.3) is 60.5 Å². The third kappa shape index (κ3) is 5.12. The summed E-state index contributed by atoms with van der Waals surface area (Å²) in [5.41, 5.74) is 13.2. The van der Waals surface area contributed by atoms with Gasteiger partial charge < -0.3 is 15.2 Å². The van der Waals surface area contributed by atoms with E-state index in [9.17, 15) is 0 Å². The van der Waals surface area contributed by atoms with Crippen molar-refractivity contribution in [2.75, 3.05) is 10.6 Å². The molecule has 0 bridgehead atoms. The Labute approximate surface area is 302 Å². The predicted molar refractivity (Wildman–Crippen MR) is 219 cm³/mol. The lowest BCUT2D eigenvalue weighted by Crippen LogP contribution is -2.39. The molecule has 246 valence electrons. The van der Waals surface area contributed by atoms with E-state index in [-0.39, 0.29) is 6.17 Å². The average molecular weight is 667 g/mol. The van der Waals surface area contributed by atoms with Crippen LogP contribution >= 0.6 is 0 Å². The number of para-hydroxylation sites is 3. The molecule has 9 aromatic rings. The van der Waals surface area contributed by atoms with Crippen LogP contribution in [0.1, 0.15) is 5.56 Å². The van der Waals surface area contributed by atoms with Crippen molar-refractivity contribution >= 4 is 55.4 Å². The number of aliphatic imine (C=N–C) groups is 1. The Morgan fingerprint density at radius 3 is 1.98 bits per heavy atom. The van der Waals surface area contributed by atoms with Crippen molar-refractivity contribution in [1.29, 1.82) is 0 Å². The summed E-state index contributed by atoms with van der Waals surface area (Å²) in [4.78, 5) is 5.15. The van der Waals surface area contributed by atoms with Crippen LogP contribution in [-0.2, 0) is 0 Å². The van der Waals surface area contributed by atoms with Crippen molar-refractivity contribution in [3.05, 3.63) is 194 Å². The van der Waals surface area contributed by atoms with Crippen LogP contribution < -0.4 is 10.6 Å². The zero-order valence-electron chi connectivity index (χ0n) is 28.4. The maximum Gasteiger partial charge on any atom is 0.141 e. The number of hydrogen-bond donors (Lipinski definition) is 2. The van der Waals surface area contributed by atoms with E-state index in [1.165, 1.54) is 38.1 Å². The van der Waals surface area contributed by atoms with E-state index in [1.807, 2.05) is 18.2 Å². The third-order valence-corrected chi connectivity index (χ3v) is 10.2. The first-order valence-corrected chi connectivity index (χ1v) is 17.8. The summed E-state index contributed by atoms with van der Waals surface area (Å²) in [5, 5.41) is 12.6. The third-order valence-electron chi connectivity index (χ3n) is 10.2. The van der Waals surface area contributed by atoms with Crippen molar-refractivity contribution in [3.8, 4) is 27.9 Å². The van der Waals surface area contributed by atoms with Gasteiger partial charge in [0.25, 0.3) is 0 Å². The molecule has 10 rings (SSSR count). The average Bonchev–Trinajstić information content (AvgIpc) is 3.56. The molecule has 4 nitrogen and oxygen atoms in total. The smallest absolute Gasteiger partial charge is 0.141 e. The van der Waals surface area contributed by atoms with E-state index >= 15 is 0 Å². The summed E-state index contributed by atoms with van der Waals surface area (Å²) in [5.74, 6) is 0. The Kier molecular flexibility index (Phi) is 7.17. The van der Waals surface area contributed by atoms with Gasteiger partial charge in [-0.05, 0) is 82.1 Å². The molecule has 8 aromatic carbocycles. The van der Waals surface area contributed by atoms with Crippen LogP contribution in [0.5, 0.6) is 0 Å². The van der Waals surface area contributed by atoms with Gasteiger partial charge in [0, 0.05) is 33.3 Å². The Bertz CT molecular complexity index is 2780. The summed E-state index contributed by atoms with van der Waals surface area (Å²) in [7, 11) is 0. The molecule has 0 saturated carbocycles. The molecule has 1 aromatic heterocycles. The van der Waals surface area contributed by atoms with Crippen LogP contribution in [0.15, 0.2) is 193 Å². The topological polar surface area (TPSA) is 41.4 Å². The van der Waals surface area contributed by atoms with Crippen molar-refractivity contribution in [2.45, 2.75) is 6.17 Å². The van der Waals surface area contributed by atoms with Crippen LogP contribution in [0.2, 0.25) is 0 Å². The number of nitrogens with zero attached hydrogens (tertiary/aromatic N) is 2. The fourth-order valence-electron chi connectivity index (χ4n) is 7.74. The van der Waals surface area contributed by atoms with Gasteiger partial charge in [-0.3, -0.25) is 0 Å². The first kappa shape index (κ1) is 30.0. The molecule has 1 aliphatic heterocycles. The molecule has 1 unspecified atom stereocenters. The number of anilines is 2. The van der Waals surface area contributed by atoms with Crippen LogP contribution in [0, 0.1) is 0 Å². The second-order valence-electron chi connectivity index (χ2n) is 13.3. The van der Waals surface area contributed by atoms with Crippen molar-refractivity contribution in [1.82, 2.24) is 4.57 Å². The van der Waals surface area contributed by atoms with E-state index in [4.69, 9.17) is 4.99 Å². The second-order valence-corrected chi connectivity index (χ2v) is 13.3. The molecule has 4 heteroatoms. The molecular formula is C48H34N4. The van der Waals surface area contributed by atoms with E-state index < -0.39 is 0 Å². The van der Waals surface area contributed by atoms with Crippen LogP contribution in [0.3, 0.4) is 0 Å². The zero-order valence-corrected chi connectivity index (χ0v) is 28.4. The van der Waals surface area contributed by atoms with Crippen molar-refractivity contribution in [2.24, 2.45) is 4.99 Å². The molecule has 0 radical (unpaired) electrons. The van der Waals surface area contributed by atoms with Crippen LogP contribution in [0.4, 0.5) is 17.1 Å². The molecule has 1 aliphatic rings. The highest BCUT2D eigenvalue weighted by Crippen LogP contribution is 2.41. The molecule has 1 atom stereocenters. The number of nitrogens with one attached hydrogen (secondary N) is 2. The van der Waals surface area contributed by atoms with Crippen LogP contribution in [-0.4, -0.2) is 16.4 Å². The summed E-state index contributed by atoms with van der Waals surface area (Å²) < 4.78 is 2.39. The lowest BCUT2D eigenvalue weighted by atomic mass is 9.95. The van der Waals surface area contributed by atoms with Gasteiger partial charge in [-0.15, -0.1) is 0 Å². The normalized spacial score (nSPS) is 13.8. The lowest BCUT2D eigenvalue weighted by molar-refractivity contribution is 1.04.